The van der Waals surface area contributed by atoms with Crippen LogP contribution in [0.15, 0.2) is 70.1 Å². The van der Waals surface area contributed by atoms with Gasteiger partial charge in [-0.15, -0.1) is 0 Å². The van der Waals surface area contributed by atoms with E-state index in [4.69, 9.17) is 4.52 Å². The zero-order valence-corrected chi connectivity index (χ0v) is 12.3. The Morgan fingerprint density at radius 2 is 1.59 bits per heavy atom. The number of rotatable bonds is 5. The second kappa shape index (κ2) is 6.08. The van der Waals surface area contributed by atoms with E-state index in [2.05, 4.69) is 14.9 Å². The first-order chi connectivity index (χ1) is 10.6. The molecular weight excluding hydrogens is 302 g/mol. The first-order valence-corrected chi connectivity index (χ1v) is 8.06. The van der Waals surface area contributed by atoms with Crippen LogP contribution in [0.4, 0.5) is 0 Å². The maximum Gasteiger partial charge on any atom is 0.242 e. The average Bonchev–Trinajstić information content (AvgIpc) is 3.04. The monoisotopic (exact) mass is 315 g/mol. The quantitative estimate of drug-likeness (QED) is 0.780. The van der Waals surface area contributed by atoms with Crippen molar-refractivity contribution in [3.8, 4) is 11.4 Å². The van der Waals surface area contributed by atoms with Gasteiger partial charge in [0.1, 0.15) is 0 Å². The second-order valence-electron chi connectivity index (χ2n) is 4.52. The van der Waals surface area contributed by atoms with Crippen LogP contribution in [0.3, 0.4) is 0 Å². The molecule has 0 aliphatic rings. The lowest BCUT2D eigenvalue weighted by molar-refractivity contribution is 0.376. The third-order valence-corrected chi connectivity index (χ3v) is 4.38. The fourth-order valence-electron chi connectivity index (χ4n) is 1.87. The van der Waals surface area contributed by atoms with Gasteiger partial charge in [0.25, 0.3) is 0 Å². The third-order valence-electron chi connectivity index (χ3n) is 2.97. The molecule has 2 aromatic carbocycles. The van der Waals surface area contributed by atoms with Crippen LogP contribution in [0, 0.1) is 0 Å². The lowest BCUT2D eigenvalue weighted by Crippen LogP contribution is -2.23. The molecule has 0 amide bonds. The van der Waals surface area contributed by atoms with Crippen LogP contribution in [-0.2, 0) is 16.6 Å². The van der Waals surface area contributed by atoms with Crippen molar-refractivity contribution in [1.82, 2.24) is 14.9 Å². The van der Waals surface area contributed by atoms with Crippen molar-refractivity contribution >= 4 is 10.0 Å². The van der Waals surface area contributed by atoms with Gasteiger partial charge in [0.05, 0.1) is 11.4 Å². The molecule has 22 heavy (non-hydrogen) atoms. The molecule has 0 bridgehead atoms. The van der Waals surface area contributed by atoms with Crippen molar-refractivity contribution in [1.29, 1.82) is 0 Å². The highest BCUT2D eigenvalue weighted by Gasteiger charge is 2.15. The van der Waals surface area contributed by atoms with E-state index < -0.39 is 10.0 Å². The summed E-state index contributed by atoms with van der Waals surface area (Å²) < 4.78 is 31.7. The maximum atomic E-state index is 12.1. The lowest BCUT2D eigenvalue weighted by atomic mass is 10.2. The van der Waals surface area contributed by atoms with Crippen molar-refractivity contribution in [3.63, 3.8) is 0 Å². The number of sulfonamides is 1. The first-order valence-electron chi connectivity index (χ1n) is 6.58. The molecule has 7 heteroatoms. The van der Waals surface area contributed by atoms with Crippen LogP contribution >= 0.6 is 0 Å². The van der Waals surface area contributed by atoms with Gasteiger partial charge in [0.2, 0.25) is 21.7 Å². The zero-order valence-electron chi connectivity index (χ0n) is 11.5. The molecule has 1 aromatic heterocycles. The summed E-state index contributed by atoms with van der Waals surface area (Å²) >= 11 is 0. The van der Waals surface area contributed by atoms with Gasteiger partial charge in [0.15, 0.2) is 0 Å². The van der Waals surface area contributed by atoms with Gasteiger partial charge >= 0.3 is 0 Å². The molecule has 0 aliphatic heterocycles. The highest BCUT2D eigenvalue weighted by molar-refractivity contribution is 7.89. The minimum Gasteiger partial charge on any atom is -0.338 e. The van der Waals surface area contributed by atoms with Gasteiger partial charge in [-0.3, -0.25) is 0 Å². The SMILES string of the molecule is O=S(=O)(NCc1nc(-c2ccccc2)no1)c1ccccc1. The number of nitrogens with zero attached hydrogens (tertiary/aromatic N) is 2. The topological polar surface area (TPSA) is 85.1 Å². The van der Waals surface area contributed by atoms with Gasteiger partial charge in [-0.2, -0.15) is 4.98 Å². The normalized spacial score (nSPS) is 11.5. The maximum absolute atomic E-state index is 12.1. The molecule has 3 aromatic rings. The van der Waals surface area contributed by atoms with Crippen LogP contribution in [0.2, 0.25) is 0 Å². The number of benzene rings is 2. The van der Waals surface area contributed by atoms with Crippen LogP contribution in [-0.4, -0.2) is 18.6 Å². The Hall–Kier alpha value is -2.51. The molecule has 0 radical (unpaired) electrons. The van der Waals surface area contributed by atoms with Crippen LogP contribution < -0.4 is 4.72 Å². The van der Waals surface area contributed by atoms with Gasteiger partial charge in [-0.1, -0.05) is 53.7 Å². The molecule has 112 valence electrons. The predicted octanol–water partition coefficient (Wildman–Crippen LogP) is 2.22. The average molecular weight is 315 g/mol. The van der Waals surface area contributed by atoms with Gasteiger partial charge < -0.3 is 4.52 Å². The molecule has 1 heterocycles. The van der Waals surface area contributed by atoms with E-state index in [1.807, 2.05) is 30.3 Å². The van der Waals surface area contributed by atoms with E-state index >= 15 is 0 Å². The summed E-state index contributed by atoms with van der Waals surface area (Å²) in [5, 5.41) is 3.84. The summed E-state index contributed by atoms with van der Waals surface area (Å²) in [5.74, 6) is 0.632. The minimum absolute atomic E-state index is 0.0585. The number of nitrogens with one attached hydrogen (secondary N) is 1. The van der Waals surface area contributed by atoms with Gasteiger partial charge in [0, 0.05) is 5.56 Å². The van der Waals surface area contributed by atoms with Crippen LogP contribution in [0.1, 0.15) is 5.89 Å². The van der Waals surface area contributed by atoms with E-state index in [-0.39, 0.29) is 17.3 Å². The highest BCUT2D eigenvalue weighted by atomic mass is 32.2. The van der Waals surface area contributed by atoms with Crippen molar-refractivity contribution in [2.45, 2.75) is 11.4 Å². The largest absolute Gasteiger partial charge is 0.338 e. The van der Waals surface area contributed by atoms with Crippen molar-refractivity contribution < 1.29 is 12.9 Å². The Labute approximate surface area is 127 Å². The van der Waals surface area contributed by atoms with Crippen molar-refractivity contribution in [2.24, 2.45) is 0 Å². The summed E-state index contributed by atoms with van der Waals surface area (Å²) in [6.45, 7) is -0.0585. The Bertz CT molecular complexity index is 846. The van der Waals surface area contributed by atoms with E-state index in [1.165, 1.54) is 12.1 Å². The van der Waals surface area contributed by atoms with Gasteiger partial charge in [-0.25, -0.2) is 13.1 Å². The first kappa shape index (κ1) is 14.4. The summed E-state index contributed by atoms with van der Waals surface area (Å²) in [4.78, 5) is 4.36. The summed E-state index contributed by atoms with van der Waals surface area (Å²) in [6, 6.07) is 17.4. The van der Waals surface area contributed by atoms with Crippen molar-refractivity contribution in [2.75, 3.05) is 0 Å². The molecule has 0 unspecified atom stereocenters. The highest BCUT2D eigenvalue weighted by Crippen LogP contribution is 2.15. The van der Waals surface area contributed by atoms with Crippen molar-refractivity contribution in [3.05, 3.63) is 66.6 Å². The summed E-state index contributed by atoms with van der Waals surface area (Å²) in [7, 11) is -3.59. The van der Waals surface area contributed by atoms with Crippen LogP contribution in [0.25, 0.3) is 11.4 Å². The molecule has 0 saturated heterocycles. The van der Waals surface area contributed by atoms with E-state index in [0.717, 1.165) is 5.56 Å². The third kappa shape index (κ3) is 3.21. The number of aromatic nitrogens is 2. The van der Waals surface area contributed by atoms with Crippen LogP contribution in [0.5, 0.6) is 0 Å². The smallest absolute Gasteiger partial charge is 0.242 e. The van der Waals surface area contributed by atoms with Gasteiger partial charge in [-0.05, 0) is 12.1 Å². The Balaban J connectivity index is 1.72. The predicted molar refractivity (Wildman–Crippen MR) is 80.2 cm³/mol. The molecule has 0 aliphatic carbocycles. The summed E-state index contributed by atoms with van der Waals surface area (Å²) in [6.07, 6.45) is 0. The summed E-state index contributed by atoms with van der Waals surface area (Å²) in [5.41, 5.74) is 0.809. The number of hydrogen-bond donors (Lipinski definition) is 1. The Kier molecular flexibility index (Phi) is 3.99. The molecular formula is C15H13N3O3S. The standard InChI is InChI=1S/C15H13N3O3S/c19-22(20,13-9-5-2-6-10-13)16-11-14-17-15(18-21-14)12-7-3-1-4-8-12/h1-10,16H,11H2. The molecule has 3 rings (SSSR count). The fourth-order valence-corrected chi connectivity index (χ4v) is 2.87. The van der Waals surface area contributed by atoms with E-state index in [1.54, 1.807) is 18.2 Å². The molecule has 0 spiro atoms. The number of hydrogen-bond acceptors (Lipinski definition) is 5. The Morgan fingerprint density at radius 3 is 2.27 bits per heavy atom. The minimum atomic E-state index is -3.59. The molecule has 0 fully saturated rings. The molecule has 0 saturated carbocycles. The fraction of sp³-hybridized carbons (Fsp3) is 0.0667. The van der Waals surface area contributed by atoms with E-state index in [0.29, 0.717) is 5.82 Å². The second-order valence-corrected chi connectivity index (χ2v) is 6.28. The molecule has 1 N–H and O–H groups in total. The Morgan fingerprint density at radius 1 is 0.955 bits per heavy atom. The van der Waals surface area contributed by atoms with E-state index in [9.17, 15) is 8.42 Å². The lowest BCUT2D eigenvalue weighted by Gasteiger charge is -2.03. The molecule has 0 atom stereocenters. The molecule has 6 nitrogen and oxygen atoms in total. The zero-order chi connectivity index (χ0) is 15.4.